The molecular formula is C20H17NO2. The average molecular weight is 303 g/mol. The maximum absolute atomic E-state index is 12.4. The second-order valence-electron chi connectivity index (χ2n) is 5.09. The van der Waals surface area contributed by atoms with Gasteiger partial charge in [-0.05, 0) is 42.0 Å². The van der Waals surface area contributed by atoms with Gasteiger partial charge in [0.05, 0.1) is 5.56 Å². The summed E-state index contributed by atoms with van der Waals surface area (Å²) in [7, 11) is 0. The maximum atomic E-state index is 12.4. The van der Waals surface area contributed by atoms with Crippen molar-refractivity contribution in [1.29, 1.82) is 0 Å². The lowest BCUT2D eigenvalue weighted by Crippen LogP contribution is -2.02. The predicted molar refractivity (Wildman–Crippen MR) is 91.4 cm³/mol. The summed E-state index contributed by atoms with van der Waals surface area (Å²) in [5, 5.41) is 0. The van der Waals surface area contributed by atoms with Crippen molar-refractivity contribution in [2.45, 2.75) is 6.61 Å². The molecule has 1 heterocycles. The number of ether oxygens (including phenoxy) is 1. The summed E-state index contributed by atoms with van der Waals surface area (Å²) in [4.78, 5) is 15.4. The first kappa shape index (κ1) is 14.9. The van der Waals surface area contributed by atoms with Gasteiger partial charge in [0.2, 0.25) is 0 Å². The summed E-state index contributed by atoms with van der Waals surface area (Å²) in [6.45, 7) is 0.436. The first-order valence-electron chi connectivity index (χ1n) is 7.44. The minimum Gasteiger partial charge on any atom is -0.488 e. The highest BCUT2D eigenvalue weighted by Gasteiger charge is 2.09. The molecule has 0 aliphatic heterocycles. The number of para-hydroxylation sites is 1. The number of hydrogen-bond acceptors (Lipinski definition) is 2. The van der Waals surface area contributed by atoms with E-state index in [0.717, 1.165) is 11.3 Å². The van der Waals surface area contributed by atoms with Crippen LogP contribution in [0.5, 0.6) is 5.75 Å². The van der Waals surface area contributed by atoms with Crippen LogP contribution in [-0.2, 0) is 6.61 Å². The van der Waals surface area contributed by atoms with Crippen LogP contribution in [-0.4, -0.2) is 10.8 Å². The van der Waals surface area contributed by atoms with Crippen molar-refractivity contribution in [3.8, 4) is 5.75 Å². The highest BCUT2D eigenvalue weighted by atomic mass is 16.5. The summed E-state index contributed by atoms with van der Waals surface area (Å²) in [5.74, 6) is 0.515. The second kappa shape index (κ2) is 7.27. The third kappa shape index (κ3) is 3.98. The predicted octanol–water partition coefficient (Wildman–Crippen LogP) is 4.49. The third-order valence-electron chi connectivity index (χ3n) is 3.43. The first-order chi connectivity index (χ1) is 11.3. The van der Waals surface area contributed by atoms with Gasteiger partial charge in [-0.3, -0.25) is 4.79 Å². The van der Waals surface area contributed by atoms with Crippen LogP contribution in [0.2, 0.25) is 0 Å². The number of H-pyrrole nitrogens is 1. The Kier molecular flexibility index (Phi) is 4.69. The number of rotatable bonds is 6. The van der Waals surface area contributed by atoms with Crippen LogP contribution < -0.4 is 4.74 Å². The van der Waals surface area contributed by atoms with Crippen LogP contribution >= 0.6 is 0 Å². The monoisotopic (exact) mass is 303 g/mol. The summed E-state index contributed by atoms with van der Waals surface area (Å²) < 4.78 is 5.82. The lowest BCUT2D eigenvalue weighted by Gasteiger charge is -2.09. The van der Waals surface area contributed by atoms with Gasteiger partial charge in [-0.2, -0.15) is 0 Å². The van der Waals surface area contributed by atoms with Gasteiger partial charge in [0, 0.05) is 11.9 Å². The molecule has 3 heteroatoms. The number of benzene rings is 2. The Morgan fingerprint density at radius 2 is 1.74 bits per heavy atom. The number of carbonyl (C=O) groups excluding carboxylic acids is 1. The maximum Gasteiger partial charge on any atom is 0.189 e. The van der Waals surface area contributed by atoms with Crippen LogP contribution in [0.1, 0.15) is 21.6 Å². The van der Waals surface area contributed by atoms with E-state index in [2.05, 4.69) is 4.98 Å². The third-order valence-corrected chi connectivity index (χ3v) is 3.43. The van der Waals surface area contributed by atoms with E-state index in [1.54, 1.807) is 18.2 Å². The van der Waals surface area contributed by atoms with Gasteiger partial charge in [0.1, 0.15) is 12.4 Å². The molecule has 3 nitrogen and oxygen atoms in total. The van der Waals surface area contributed by atoms with E-state index < -0.39 is 0 Å². The normalized spacial score (nSPS) is 10.8. The largest absolute Gasteiger partial charge is 0.488 e. The molecule has 0 unspecified atom stereocenters. The van der Waals surface area contributed by atoms with Crippen molar-refractivity contribution < 1.29 is 9.53 Å². The van der Waals surface area contributed by atoms with E-state index in [0.29, 0.717) is 17.9 Å². The fraction of sp³-hybridized carbons (Fsp3) is 0.0500. The molecular weight excluding hydrogens is 286 g/mol. The van der Waals surface area contributed by atoms with Crippen molar-refractivity contribution in [2.75, 3.05) is 0 Å². The molecule has 114 valence electrons. The fourth-order valence-corrected chi connectivity index (χ4v) is 2.23. The Balaban J connectivity index is 1.73. The van der Waals surface area contributed by atoms with Gasteiger partial charge in [0.15, 0.2) is 5.78 Å². The van der Waals surface area contributed by atoms with E-state index in [1.165, 1.54) is 0 Å². The molecule has 0 atom stereocenters. The smallest absolute Gasteiger partial charge is 0.189 e. The Hall–Kier alpha value is -3.07. The molecule has 0 fully saturated rings. The van der Waals surface area contributed by atoms with Gasteiger partial charge in [-0.15, -0.1) is 0 Å². The lowest BCUT2D eigenvalue weighted by molar-refractivity contribution is 0.104. The van der Waals surface area contributed by atoms with E-state index >= 15 is 0 Å². The molecule has 1 aromatic heterocycles. The number of ketones is 1. The lowest BCUT2D eigenvalue weighted by atomic mass is 10.1. The molecule has 0 saturated carbocycles. The van der Waals surface area contributed by atoms with Gasteiger partial charge >= 0.3 is 0 Å². The molecule has 0 saturated heterocycles. The van der Waals surface area contributed by atoms with E-state index in [-0.39, 0.29) is 5.78 Å². The fourth-order valence-electron chi connectivity index (χ4n) is 2.23. The summed E-state index contributed by atoms with van der Waals surface area (Å²) in [6.07, 6.45) is 5.13. The van der Waals surface area contributed by atoms with Crippen LogP contribution in [0, 0.1) is 0 Å². The van der Waals surface area contributed by atoms with E-state index in [1.807, 2.05) is 66.9 Å². The molecule has 1 N–H and O–H groups in total. The molecule has 0 aliphatic rings. The van der Waals surface area contributed by atoms with E-state index in [9.17, 15) is 4.79 Å². The highest BCUT2D eigenvalue weighted by Crippen LogP contribution is 2.20. The minimum atomic E-state index is -0.0803. The van der Waals surface area contributed by atoms with Gasteiger partial charge in [-0.25, -0.2) is 0 Å². The Morgan fingerprint density at radius 1 is 0.957 bits per heavy atom. The average Bonchev–Trinajstić information content (AvgIpc) is 3.12. The van der Waals surface area contributed by atoms with Gasteiger partial charge < -0.3 is 9.72 Å². The minimum absolute atomic E-state index is 0.0803. The SMILES string of the molecule is O=C(/C=C/c1ccc[nH]1)c1ccccc1OCc1ccccc1. The van der Waals surface area contributed by atoms with Crippen LogP contribution in [0.15, 0.2) is 79.0 Å². The van der Waals surface area contributed by atoms with Crippen molar-refractivity contribution in [2.24, 2.45) is 0 Å². The number of allylic oxidation sites excluding steroid dienone is 1. The summed E-state index contributed by atoms with van der Waals surface area (Å²) >= 11 is 0. The Labute approximate surface area is 135 Å². The number of aromatic nitrogens is 1. The zero-order valence-electron chi connectivity index (χ0n) is 12.6. The zero-order valence-corrected chi connectivity index (χ0v) is 12.6. The Morgan fingerprint density at radius 3 is 2.52 bits per heavy atom. The van der Waals surface area contributed by atoms with Crippen LogP contribution in [0.4, 0.5) is 0 Å². The molecule has 2 aromatic carbocycles. The Bertz CT molecular complexity index is 790. The number of aromatic amines is 1. The molecule has 0 aliphatic carbocycles. The topological polar surface area (TPSA) is 42.1 Å². The van der Waals surface area contributed by atoms with Gasteiger partial charge in [-0.1, -0.05) is 42.5 Å². The molecule has 0 bridgehead atoms. The van der Waals surface area contributed by atoms with E-state index in [4.69, 9.17) is 4.74 Å². The molecule has 0 radical (unpaired) electrons. The molecule has 3 aromatic rings. The van der Waals surface area contributed by atoms with Crippen molar-refractivity contribution in [3.05, 3.63) is 95.8 Å². The number of hydrogen-bond donors (Lipinski definition) is 1. The zero-order chi connectivity index (χ0) is 15.9. The van der Waals surface area contributed by atoms with Crippen LogP contribution in [0.25, 0.3) is 6.08 Å². The second-order valence-corrected chi connectivity index (χ2v) is 5.09. The first-order valence-corrected chi connectivity index (χ1v) is 7.44. The van der Waals surface area contributed by atoms with Gasteiger partial charge in [0.25, 0.3) is 0 Å². The number of carbonyl (C=O) groups is 1. The molecule has 3 rings (SSSR count). The summed E-state index contributed by atoms with van der Waals surface area (Å²) in [5.41, 5.74) is 2.52. The standard InChI is InChI=1S/C20H17NO2/c22-19(13-12-17-9-6-14-21-17)18-10-4-5-11-20(18)23-15-16-7-2-1-3-8-16/h1-14,21H,15H2/b13-12+. The summed E-state index contributed by atoms with van der Waals surface area (Å²) in [6, 6.07) is 21.0. The van der Waals surface area contributed by atoms with Crippen molar-refractivity contribution in [3.63, 3.8) is 0 Å². The molecule has 0 amide bonds. The van der Waals surface area contributed by atoms with Crippen molar-refractivity contribution in [1.82, 2.24) is 4.98 Å². The number of nitrogens with one attached hydrogen (secondary N) is 1. The molecule has 0 spiro atoms. The van der Waals surface area contributed by atoms with Crippen molar-refractivity contribution >= 4 is 11.9 Å². The molecule has 23 heavy (non-hydrogen) atoms. The quantitative estimate of drug-likeness (QED) is 0.538. The van der Waals surface area contributed by atoms with Crippen LogP contribution in [0.3, 0.4) is 0 Å². The highest BCUT2D eigenvalue weighted by molar-refractivity contribution is 6.08.